The van der Waals surface area contributed by atoms with Gasteiger partial charge in [-0.15, -0.1) is 0 Å². The second-order valence-electron chi connectivity index (χ2n) is 7.26. The summed E-state index contributed by atoms with van der Waals surface area (Å²) >= 11 is 0. The number of alkyl carbamates (subject to hydrolysis) is 1. The highest BCUT2D eigenvalue weighted by Gasteiger charge is 2.30. The molecule has 0 aromatic heterocycles. The Bertz CT molecular complexity index is 835. The third-order valence-corrected chi connectivity index (χ3v) is 5.53. The molecule has 1 aliphatic heterocycles. The van der Waals surface area contributed by atoms with E-state index < -0.39 is 18.0 Å². The maximum atomic E-state index is 12.2. The first-order valence-electron chi connectivity index (χ1n) is 9.56. The summed E-state index contributed by atoms with van der Waals surface area (Å²) in [6, 6.07) is 16.3. The van der Waals surface area contributed by atoms with Crippen molar-refractivity contribution in [1.29, 1.82) is 0 Å². The number of carbonyl (C=O) groups excluding carboxylic acids is 1. The zero-order valence-corrected chi connectivity index (χ0v) is 15.5. The number of benzene rings is 2. The Balaban J connectivity index is 1.33. The van der Waals surface area contributed by atoms with Gasteiger partial charge in [0.25, 0.3) is 0 Å². The van der Waals surface area contributed by atoms with Crippen molar-refractivity contribution < 1.29 is 24.2 Å². The van der Waals surface area contributed by atoms with Crippen LogP contribution in [-0.4, -0.2) is 43.0 Å². The number of hydrogen-bond donors (Lipinski definition) is 2. The number of carboxylic acid groups (broad SMARTS) is 1. The second kappa shape index (κ2) is 8.02. The molecule has 2 aromatic rings. The molecule has 6 heteroatoms. The van der Waals surface area contributed by atoms with Gasteiger partial charge in [-0.05, 0) is 35.1 Å². The average molecular weight is 381 g/mol. The molecule has 1 saturated heterocycles. The van der Waals surface area contributed by atoms with Crippen LogP contribution in [0.1, 0.15) is 29.9 Å². The zero-order valence-electron chi connectivity index (χ0n) is 15.5. The van der Waals surface area contributed by atoms with Crippen LogP contribution < -0.4 is 5.32 Å². The average Bonchev–Trinajstić information content (AvgIpc) is 3.05. The highest BCUT2D eigenvalue weighted by molar-refractivity contribution is 5.79. The second-order valence-corrected chi connectivity index (χ2v) is 7.26. The largest absolute Gasteiger partial charge is 0.481 e. The topological polar surface area (TPSA) is 84.9 Å². The minimum atomic E-state index is -0.811. The van der Waals surface area contributed by atoms with Crippen molar-refractivity contribution in [3.05, 3.63) is 59.7 Å². The van der Waals surface area contributed by atoms with Crippen molar-refractivity contribution in [2.24, 2.45) is 5.92 Å². The lowest BCUT2D eigenvalue weighted by molar-refractivity contribution is -0.146. The number of aliphatic carboxylic acids is 1. The highest BCUT2D eigenvalue weighted by atomic mass is 16.5. The highest BCUT2D eigenvalue weighted by Crippen LogP contribution is 2.44. The number of carboxylic acids is 1. The quantitative estimate of drug-likeness (QED) is 0.829. The molecule has 0 saturated carbocycles. The Morgan fingerprint density at radius 3 is 2.36 bits per heavy atom. The summed E-state index contributed by atoms with van der Waals surface area (Å²) < 4.78 is 11.0. The molecule has 6 nitrogen and oxygen atoms in total. The summed E-state index contributed by atoms with van der Waals surface area (Å²) in [5.74, 6) is -1.21. The fourth-order valence-electron chi connectivity index (χ4n) is 4.09. The van der Waals surface area contributed by atoms with Crippen molar-refractivity contribution >= 4 is 12.1 Å². The lowest BCUT2D eigenvalue weighted by atomic mass is 9.96. The molecule has 4 rings (SSSR count). The number of hydrogen-bond acceptors (Lipinski definition) is 4. The van der Waals surface area contributed by atoms with E-state index in [1.807, 2.05) is 24.3 Å². The minimum absolute atomic E-state index is 0.0143. The predicted octanol–water partition coefficient (Wildman–Crippen LogP) is 3.40. The van der Waals surface area contributed by atoms with Crippen LogP contribution >= 0.6 is 0 Å². The van der Waals surface area contributed by atoms with Crippen LogP contribution in [0.15, 0.2) is 48.5 Å². The molecule has 2 aliphatic rings. The molecular formula is C22H23NO5. The zero-order chi connectivity index (χ0) is 19.5. The smallest absolute Gasteiger partial charge is 0.407 e. The van der Waals surface area contributed by atoms with Gasteiger partial charge in [0, 0.05) is 19.1 Å². The Kier molecular flexibility index (Phi) is 5.30. The molecule has 146 valence electrons. The lowest BCUT2D eigenvalue weighted by Crippen LogP contribution is -2.39. The van der Waals surface area contributed by atoms with E-state index in [0.717, 1.165) is 11.1 Å². The molecule has 1 aliphatic carbocycles. The molecule has 0 spiro atoms. The number of rotatable bonds is 5. The molecule has 2 atom stereocenters. The molecule has 2 N–H and O–H groups in total. The van der Waals surface area contributed by atoms with E-state index in [0.29, 0.717) is 19.4 Å². The van der Waals surface area contributed by atoms with Gasteiger partial charge in [0.2, 0.25) is 0 Å². The standard InChI is InChI=1S/C22H23NO5/c24-21(25)14-9-10-27-15(11-14)12-23-22(26)28-13-20-18-7-3-1-5-16(18)17-6-2-4-8-19(17)20/h1-8,14-15,20H,9-13H2,(H,23,26)(H,24,25). The van der Waals surface area contributed by atoms with Crippen molar-refractivity contribution in [3.63, 3.8) is 0 Å². The van der Waals surface area contributed by atoms with Crippen LogP contribution in [0.2, 0.25) is 0 Å². The number of fused-ring (bicyclic) bond motifs is 3. The van der Waals surface area contributed by atoms with E-state index in [-0.39, 0.29) is 25.2 Å². The molecular weight excluding hydrogens is 358 g/mol. The summed E-state index contributed by atoms with van der Waals surface area (Å²) in [5.41, 5.74) is 4.69. The van der Waals surface area contributed by atoms with E-state index in [1.54, 1.807) is 0 Å². The molecule has 1 amide bonds. The van der Waals surface area contributed by atoms with Crippen LogP contribution in [0, 0.1) is 5.92 Å². The van der Waals surface area contributed by atoms with Crippen LogP contribution in [-0.2, 0) is 14.3 Å². The van der Waals surface area contributed by atoms with Gasteiger partial charge in [-0.3, -0.25) is 4.79 Å². The Hall–Kier alpha value is -2.86. The van der Waals surface area contributed by atoms with Crippen molar-refractivity contribution in [1.82, 2.24) is 5.32 Å². The molecule has 0 bridgehead atoms. The summed E-state index contributed by atoms with van der Waals surface area (Å²) in [6.07, 6.45) is 0.105. The van der Waals surface area contributed by atoms with E-state index in [9.17, 15) is 9.59 Å². The van der Waals surface area contributed by atoms with Gasteiger partial charge in [-0.1, -0.05) is 48.5 Å². The number of amides is 1. The van der Waals surface area contributed by atoms with E-state index in [2.05, 4.69) is 29.6 Å². The van der Waals surface area contributed by atoms with Crippen molar-refractivity contribution in [2.45, 2.75) is 24.9 Å². The van der Waals surface area contributed by atoms with E-state index >= 15 is 0 Å². The third-order valence-electron chi connectivity index (χ3n) is 5.53. The molecule has 2 unspecified atom stereocenters. The van der Waals surface area contributed by atoms with Gasteiger partial charge in [0.05, 0.1) is 12.0 Å². The molecule has 1 fully saturated rings. The van der Waals surface area contributed by atoms with Gasteiger partial charge in [0.1, 0.15) is 6.61 Å². The lowest BCUT2D eigenvalue weighted by Gasteiger charge is -2.27. The Morgan fingerprint density at radius 2 is 1.71 bits per heavy atom. The van der Waals surface area contributed by atoms with E-state index in [4.69, 9.17) is 14.6 Å². The fourth-order valence-corrected chi connectivity index (χ4v) is 4.09. The first-order valence-corrected chi connectivity index (χ1v) is 9.56. The normalized spacial score (nSPS) is 20.9. The number of carbonyl (C=O) groups is 2. The Labute approximate surface area is 163 Å². The first kappa shape index (κ1) is 18.5. The van der Waals surface area contributed by atoms with Gasteiger partial charge < -0.3 is 19.9 Å². The van der Waals surface area contributed by atoms with E-state index in [1.165, 1.54) is 11.1 Å². The first-order chi connectivity index (χ1) is 13.6. The maximum absolute atomic E-state index is 12.2. The van der Waals surface area contributed by atoms with Crippen LogP contribution in [0.5, 0.6) is 0 Å². The molecule has 28 heavy (non-hydrogen) atoms. The van der Waals surface area contributed by atoms with Gasteiger partial charge >= 0.3 is 12.1 Å². The monoisotopic (exact) mass is 381 g/mol. The van der Waals surface area contributed by atoms with Crippen LogP contribution in [0.3, 0.4) is 0 Å². The van der Waals surface area contributed by atoms with Gasteiger partial charge in [0.15, 0.2) is 0 Å². The minimum Gasteiger partial charge on any atom is -0.481 e. The maximum Gasteiger partial charge on any atom is 0.407 e. The summed E-state index contributed by atoms with van der Waals surface area (Å²) in [4.78, 5) is 23.3. The van der Waals surface area contributed by atoms with Crippen molar-refractivity contribution in [3.8, 4) is 11.1 Å². The van der Waals surface area contributed by atoms with Crippen LogP contribution in [0.25, 0.3) is 11.1 Å². The fraction of sp³-hybridized carbons (Fsp3) is 0.364. The molecule has 0 radical (unpaired) electrons. The molecule has 1 heterocycles. The van der Waals surface area contributed by atoms with Crippen LogP contribution in [0.4, 0.5) is 4.79 Å². The van der Waals surface area contributed by atoms with Gasteiger partial charge in [-0.25, -0.2) is 4.79 Å². The molecule has 2 aromatic carbocycles. The number of ether oxygens (including phenoxy) is 2. The summed E-state index contributed by atoms with van der Waals surface area (Å²) in [7, 11) is 0. The summed E-state index contributed by atoms with van der Waals surface area (Å²) in [5, 5.41) is 11.8. The Morgan fingerprint density at radius 1 is 1.07 bits per heavy atom. The SMILES string of the molecule is O=C(NCC1CC(C(=O)O)CCO1)OCC1c2ccccc2-c2ccccc21. The predicted molar refractivity (Wildman–Crippen MR) is 103 cm³/mol. The summed E-state index contributed by atoms with van der Waals surface area (Å²) in [6.45, 7) is 0.900. The van der Waals surface area contributed by atoms with Crippen molar-refractivity contribution in [2.75, 3.05) is 19.8 Å². The third kappa shape index (κ3) is 3.73. The number of nitrogens with one attached hydrogen (secondary N) is 1. The van der Waals surface area contributed by atoms with Gasteiger partial charge in [-0.2, -0.15) is 0 Å².